The van der Waals surface area contributed by atoms with Crippen molar-refractivity contribution in [2.75, 3.05) is 5.73 Å². The van der Waals surface area contributed by atoms with E-state index in [1.807, 2.05) is 17.7 Å². The maximum atomic E-state index is 5.88. The van der Waals surface area contributed by atoms with Gasteiger partial charge in [0.25, 0.3) is 0 Å². The van der Waals surface area contributed by atoms with E-state index in [1.54, 1.807) is 11.1 Å². The summed E-state index contributed by atoms with van der Waals surface area (Å²) < 4.78 is 2.21. The van der Waals surface area contributed by atoms with Gasteiger partial charge in [-0.2, -0.15) is 11.3 Å². The van der Waals surface area contributed by atoms with Crippen LogP contribution in [0.25, 0.3) is 11.2 Å². The molecule has 0 saturated heterocycles. The molecule has 5 rings (SSSR count). The minimum atomic E-state index is 0.460. The number of nitrogens with zero attached hydrogens (tertiary/aromatic N) is 4. The first-order valence-corrected chi connectivity index (χ1v) is 7.76. The average Bonchev–Trinajstić information content (AvgIpc) is 3.19. The lowest BCUT2D eigenvalue weighted by Crippen LogP contribution is -2.14. The molecule has 2 bridgehead atoms. The lowest BCUT2D eigenvalue weighted by atomic mass is 9.91. The molecule has 3 aromatic heterocycles. The van der Waals surface area contributed by atoms with E-state index in [2.05, 4.69) is 30.3 Å². The van der Waals surface area contributed by atoms with Gasteiger partial charge < -0.3 is 10.3 Å². The minimum absolute atomic E-state index is 0.460. The first kappa shape index (κ1) is 10.8. The molecular formula is C14H13N5S. The number of rotatable bonds is 1. The predicted octanol–water partition coefficient (Wildman–Crippen LogP) is 2.69. The predicted molar refractivity (Wildman–Crippen MR) is 77.8 cm³/mol. The maximum absolute atomic E-state index is 5.88. The van der Waals surface area contributed by atoms with E-state index in [1.165, 1.54) is 19.2 Å². The van der Waals surface area contributed by atoms with E-state index in [9.17, 15) is 0 Å². The summed E-state index contributed by atoms with van der Waals surface area (Å²) in [6.45, 7) is 0. The Kier molecular flexibility index (Phi) is 1.93. The van der Waals surface area contributed by atoms with Crippen LogP contribution in [0.4, 0.5) is 5.82 Å². The molecule has 0 amide bonds. The van der Waals surface area contributed by atoms with Gasteiger partial charge in [0.2, 0.25) is 0 Å². The largest absolute Gasteiger partial charge is 0.382 e. The molecule has 2 N–H and O–H groups in total. The Morgan fingerprint density at radius 2 is 2.05 bits per heavy atom. The van der Waals surface area contributed by atoms with Crippen molar-refractivity contribution in [2.24, 2.45) is 0 Å². The number of hydrogen-bond acceptors (Lipinski definition) is 5. The number of imidazole rings is 1. The SMILES string of the molecule is Nc1ncnc2c1ncn2C1C[C@H]2C[C@@H]1c1cscc12. The molecule has 0 aromatic carbocycles. The van der Waals surface area contributed by atoms with Crippen molar-refractivity contribution in [2.45, 2.75) is 30.7 Å². The van der Waals surface area contributed by atoms with Gasteiger partial charge >= 0.3 is 0 Å². The van der Waals surface area contributed by atoms with Crippen LogP contribution in [0.5, 0.6) is 0 Å². The van der Waals surface area contributed by atoms with E-state index in [-0.39, 0.29) is 0 Å². The molecule has 20 heavy (non-hydrogen) atoms. The van der Waals surface area contributed by atoms with E-state index in [0.29, 0.717) is 23.7 Å². The Morgan fingerprint density at radius 3 is 3.00 bits per heavy atom. The zero-order chi connectivity index (χ0) is 13.3. The molecule has 0 spiro atoms. The zero-order valence-electron chi connectivity index (χ0n) is 10.7. The Bertz CT molecular complexity index is 820. The highest BCUT2D eigenvalue weighted by atomic mass is 32.1. The van der Waals surface area contributed by atoms with Crippen LogP contribution in [0.2, 0.25) is 0 Å². The second-order valence-electron chi connectivity index (χ2n) is 5.71. The van der Waals surface area contributed by atoms with Crippen molar-refractivity contribution in [1.29, 1.82) is 0 Å². The monoisotopic (exact) mass is 283 g/mol. The fourth-order valence-corrected chi connectivity index (χ4v) is 4.97. The van der Waals surface area contributed by atoms with Crippen molar-refractivity contribution in [3.63, 3.8) is 0 Å². The number of thiophene rings is 1. The molecule has 6 heteroatoms. The molecule has 3 atom stereocenters. The topological polar surface area (TPSA) is 69.6 Å². The number of nitrogens with two attached hydrogens (primary N) is 1. The quantitative estimate of drug-likeness (QED) is 0.745. The van der Waals surface area contributed by atoms with Gasteiger partial charge in [-0.1, -0.05) is 0 Å². The number of aromatic nitrogens is 4. The van der Waals surface area contributed by atoms with Crippen molar-refractivity contribution >= 4 is 28.3 Å². The highest BCUT2D eigenvalue weighted by Crippen LogP contribution is 2.59. The smallest absolute Gasteiger partial charge is 0.165 e. The van der Waals surface area contributed by atoms with Gasteiger partial charge in [-0.25, -0.2) is 15.0 Å². The van der Waals surface area contributed by atoms with Crippen LogP contribution in [0.1, 0.15) is 41.8 Å². The molecule has 100 valence electrons. The first-order valence-electron chi connectivity index (χ1n) is 6.82. The summed E-state index contributed by atoms with van der Waals surface area (Å²) >= 11 is 1.82. The molecule has 2 aliphatic rings. The van der Waals surface area contributed by atoms with E-state index >= 15 is 0 Å². The van der Waals surface area contributed by atoms with Crippen LogP contribution in [0.3, 0.4) is 0 Å². The molecule has 0 radical (unpaired) electrons. The zero-order valence-corrected chi connectivity index (χ0v) is 11.5. The van der Waals surface area contributed by atoms with Crippen LogP contribution >= 0.6 is 11.3 Å². The van der Waals surface area contributed by atoms with Crippen molar-refractivity contribution in [3.05, 3.63) is 34.5 Å². The Balaban J connectivity index is 1.66. The van der Waals surface area contributed by atoms with Crippen molar-refractivity contribution < 1.29 is 0 Å². The number of fused-ring (bicyclic) bond motifs is 6. The Morgan fingerprint density at radius 1 is 1.15 bits per heavy atom. The summed E-state index contributed by atoms with van der Waals surface area (Å²) in [5.41, 5.74) is 10.6. The van der Waals surface area contributed by atoms with Gasteiger partial charge in [0, 0.05) is 12.0 Å². The van der Waals surface area contributed by atoms with Gasteiger partial charge in [0.1, 0.15) is 11.8 Å². The second-order valence-corrected chi connectivity index (χ2v) is 6.45. The molecule has 1 saturated carbocycles. The fraction of sp³-hybridized carbons (Fsp3) is 0.357. The third kappa shape index (κ3) is 1.20. The minimum Gasteiger partial charge on any atom is -0.382 e. The Labute approximate surface area is 119 Å². The lowest BCUT2D eigenvalue weighted by molar-refractivity contribution is 0.459. The van der Waals surface area contributed by atoms with Gasteiger partial charge in [-0.3, -0.25) is 0 Å². The maximum Gasteiger partial charge on any atom is 0.165 e. The van der Waals surface area contributed by atoms with Gasteiger partial charge in [-0.15, -0.1) is 0 Å². The number of anilines is 1. The Hall–Kier alpha value is -1.95. The molecular weight excluding hydrogens is 270 g/mol. The highest BCUT2D eigenvalue weighted by Gasteiger charge is 2.45. The first-order chi connectivity index (χ1) is 9.83. The van der Waals surface area contributed by atoms with Crippen molar-refractivity contribution in [3.8, 4) is 0 Å². The highest BCUT2D eigenvalue weighted by molar-refractivity contribution is 7.08. The van der Waals surface area contributed by atoms with E-state index in [0.717, 1.165) is 11.2 Å². The second kappa shape index (κ2) is 3.58. The van der Waals surface area contributed by atoms with Gasteiger partial charge in [-0.05, 0) is 40.6 Å². The van der Waals surface area contributed by atoms with E-state index < -0.39 is 0 Å². The molecule has 1 unspecified atom stereocenters. The molecule has 0 aliphatic heterocycles. The summed E-state index contributed by atoms with van der Waals surface area (Å²) in [5, 5.41) is 4.64. The molecule has 1 fully saturated rings. The number of hydrogen-bond donors (Lipinski definition) is 1. The molecule has 3 aromatic rings. The van der Waals surface area contributed by atoms with Crippen molar-refractivity contribution in [1.82, 2.24) is 19.5 Å². The normalized spacial score (nSPS) is 27.3. The summed E-state index contributed by atoms with van der Waals surface area (Å²) in [6, 6.07) is 0.460. The summed E-state index contributed by atoms with van der Waals surface area (Å²) in [6.07, 6.45) is 5.86. The van der Waals surface area contributed by atoms with Crippen LogP contribution in [-0.4, -0.2) is 19.5 Å². The van der Waals surface area contributed by atoms with Crippen LogP contribution < -0.4 is 5.73 Å². The fourth-order valence-electron chi connectivity index (χ4n) is 3.97. The van der Waals surface area contributed by atoms with Gasteiger partial charge in [0.05, 0.1) is 6.33 Å². The van der Waals surface area contributed by atoms with Crippen LogP contribution in [0, 0.1) is 0 Å². The standard InChI is InChI=1S/C14H13N5S/c15-13-12-14(17-5-16-13)19(6-18-12)11-2-7-1-8(11)10-4-20-3-9(7)10/h3-8,11H,1-2H2,(H2,15,16,17)/t7-,8-,11?/m1/s1. The lowest BCUT2D eigenvalue weighted by Gasteiger charge is -2.23. The molecule has 5 nitrogen and oxygen atoms in total. The van der Waals surface area contributed by atoms with Crippen LogP contribution in [-0.2, 0) is 0 Å². The summed E-state index contributed by atoms with van der Waals surface area (Å²) in [4.78, 5) is 12.8. The van der Waals surface area contributed by atoms with E-state index in [4.69, 9.17) is 5.73 Å². The van der Waals surface area contributed by atoms with Gasteiger partial charge in [0.15, 0.2) is 11.5 Å². The summed E-state index contributed by atoms with van der Waals surface area (Å²) in [5.74, 6) is 1.78. The third-order valence-corrected chi connectivity index (χ3v) is 5.62. The third-order valence-electron chi connectivity index (χ3n) is 4.84. The molecule has 3 heterocycles. The van der Waals surface area contributed by atoms with Crippen LogP contribution in [0.15, 0.2) is 23.4 Å². The number of nitrogen functional groups attached to an aromatic ring is 1. The summed E-state index contributed by atoms with van der Waals surface area (Å²) in [7, 11) is 0. The average molecular weight is 283 g/mol. The molecule has 2 aliphatic carbocycles.